The van der Waals surface area contributed by atoms with Crippen molar-refractivity contribution in [3.63, 3.8) is 0 Å². The van der Waals surface area contributed by atoms with Crippen molar-refractivity contribution in [3.05, 3.63) is 167 Å². The molecule has 1 heteroatoms. The van der Waals surface area contributed by atoms with Crippen LogP contribution in [-0.4, -0.2) is 0 Å². The van der Waals surface area contributed by atoms with E-state index >= 15 is 0 Å². The van der Waals surface area contributed by atoms with Gasteiger partial charge in [0.25, 0.3) is 0 Å². The molecule has 3 aliphatic carbocycles. The van der Waals surface area contributed by atoms with Crippen LogP contribution < -0.4 is 5.32 Å². The molecule has 1 spiro atoms. The maximum absolute atomic E-state index is 3.88. The number of nitrogens with one attached hydrogen (secondary N) is 1. The first kappa shape index (κ1) is 23.2. The molecular formula is C42H27N. The quantitative estimate of drug-likeness (QED) is 0.228. The van der Waals surface area contributed by atoms with Gasteiger partial charge in [-0.15, -0.1) is 0 Å². The van der Waals surface area contributed by atoms with Crippen molar-refractivity contribution in [1.82, 2.24) is 0 Å². The van der Waals surface area contributed by atoms with E-state index in [0.717, 1.165) is 11.4 Å². The smallest absolute Gasteiger partial charge is 0.0726 e. The number of hydrogen-bond donors (Lipinski definition) is 1. The minimum absolute atomic E-state index is 0.335. The van der Waals surface area contributed by atoms with Crippen LogP contribution in [0.5, 0.6) is 0 Å². The second-order valence-corrected chi connectivity index (χ2v) is 12.2. The largest absolute Gasteiger partial charge is 0.355 e. The summed E-state index contributed by atoms with van der Waals surface area (Å²) in [4.78, 5) is 0. The molecule has 0 saturated heterocycles. The fourth-order valence-corrected chi connectivity index (χ4v) is 8.41. The molecule has 0 heterocycles. The standard InChI is InChI=1S/C42H27N/c1-25-17-19-27-33-21-22-40(34-13-8-12-32(41(33)34)35(27)23-25)43-26-18-20-31-30-11-4-7-16-38(30)42(39(31)24-26)36-14-5-2-9-28(36)29-10-3-6-15-37(29)42/h2-24,43H,1H3. The van der Waals surface area contributed by atoms with Crippen molar-refractivity contribution in [2.24, 2.45) is 0 Å². The summed E-state index contributed by atoms with van der Waals surface area (Å²) in [6.07, 6.45) is 0. The van der Waals surface area contributed by atoms with E-state index in [2.05, 4.69) is 152 Å². The SMILES string of the molecule is Cc1ccc2c(c1)-c1cccc3c(Nc4ccc5c(c4)C4(c6ccccc6-c6ccccc64)c4ccccc4-5)ccc-2c13. The molecule has 0 radical (unpaired) electrons. The second-order valence-electron chi connectivity index (χ2n) is 12.2. The van der Waals surface area contributed by atoms with E-state index in [1.165, 1.54) is 83.1 Å². The molecule has 200 valence electrons. The zero-order valence-corrected chi connectivity index (χ0v) is 23.8. The molecule has 43 heavy (non-hydrogen) atoms. The van der Waals surface area contributed by atoms with Gasteiger partial charge in [-0.3, -0.25) is 0 Å². The molecule has 0 atom stereocenters. The molecule has 7 aromatic rings. The highest BCUT2D eigenvalue weighted by atomic mass is 14.9. The lowest BCUT2D eigenvalue weighted by Crippen LogP contribution is -2.25. The normalized spacial score (nSPS) is 13.9. The molecule has 10 rings (SSSR count). The van der Waals surface area contributed by atoms with Crippen LogP contribution in [0.3, 0.4) is 0 Å². The van der Waals surface area contributed by atoms with Crippen molar-refractivity contribution in [1.29, 1.82) is 0 Å². The third-order valence-electron chi connectivity index (χ3n) is 10.1. The summed E-state index contributed by atoms with van der Waals surface area (Å²) in [6.45, 7) is 2.18. The Hall–Kier alpha value is -5.40. The maximum Gasteiger partial charge on any atom is 0.0726 e. The van der Waals surface area contributed by atoms with Crippen LogP contribution in [0, 0.1) is 6.92 Å². The molecule has 0 amide bonds. The van der Waals surface area contributed by atoms with Gasteiger partial charge in [-0.2, -0.15) is 0 Å². The maximum atomic E-state index is 3.88. The molecule has 0 unspecified atom stereocenters. The first-order chi connectivity index (χ1) is 21.2. The number of benzene rings is 7. The average molecular weight is 546 g/mol. The van der Waals surface area contributed by atoms with Gasteiger partial charge < -0.3 is 5.32 Å². The Morgan fingerprint density at radius 1 is 0.419 bits per heavy atom. The highest BCUT2D eigenvalue weighted by Crippen LogP contribution is 2.63. The Morgan fingerprint density at radius 3 is 1.67 bits per heavy atom. The minimum Gasteiger partial charge on any atom is -0.355 e. The fraction of sp³-hybridized carbons (Fsp3) is 0.0476. The van der Waals surface area contributed by atoms with E-state index in [1.807, 2.05) is 0 Å². The Labute approximate surface area is 251 Å². The zero-order chi connectivity index (χ0) is 28.3. The van der Waals surface area contributed by atoms with Crippen LogP contribution in [-0.2, 0) is 5.41 Å². The van der Waals surface area contributed by atoms with E-state index in [9.17, 15) is 0 Å². The predicted octanol–water partition coefficient (Wildman–Crippen LogP) is 10.9. The molecule has 0 aromatic heterocycles. The third kappa shape index (κ3) is 2.82. The zero-order valence-electron chi connectivity index (χ0n) is 23.8. The lowest BCUT2D eigenvalue weighted by Gasteiger charge is -2.30. The van der Waals surface area contributed by atoms with E-state index in [4.69, 9.17) is 0 Å². The van der Waals surface area contributed by atoms with Gasteiger partial charge >= 0.3 is 0 Å². The minimum atomic E-state index is -0.335. The molecule has 0 aliphatic heterocycles. The van der Waals surface area contributed by atoms with Crippen LogP contribution in [0.25, 0.3) is 55.3 Å². The van der Waals surface area contributed by atoms with Crippen molar-refractivity contribution in [2.45, 2.75) is 12.3 Å². The second kappa shape index (κ2) is 8.12. The van der Waals surface area contributed by atoms with Crippen molar-refractivity contribution in [3.8, 4) is 44.5 Å². The molecule has 0 bridgehead atoms. The monoisotopic (exact) mass is 545 g/mol. The highest BCUT2D eigenvalue weighted by Gasteiger charge is 2.51. The molecule has 0 saturated carbocycles. The van der Waals surface area contributed by atoms with Crippen LogP contribution in [0.15, 0.2) is 140 Å². The summed E-state index contributed by atoms with van der Waals surface area (Å²) in [7, 11) is 0. The van der Waals surface area contributed by atoms with Gasteiger partial charge in [0.2, 0.25) is 0 Å². The first-order valence-corrected chi connectivity index (χ1v) is 15.1. The van der Waals surface area contributed by atoms with Crippen LogP contribution in [0.2, 0.25) is 0 Å². The summed E-state index contributed by atoms with van der Waals surface area (Å²) >= 11 is 0. The van der Waals surface area contributed by atoms with Gasteiger partial charge in [0.1, 0.15) is 0 Å². The van der Waals surface area contributed by atoms with Crippen molar-refractivity contribution >= 4 is 22.1 Å². The van der Waals surface area contributed by atoms with Gasteiger partial charge in [0.15, 0.2) is 0 Å². The lowest BCUT2D eigenvalue weighted by atomic mass is 9.70. The van der Waals surface area contributed by atoms with Gasteiger partial charge in [-0.05, 0) is 97.3 Å². The highest BCUT2D eigenvalue weighted by molar-refractivity contribution is 6.18. The Balaban J connectivity index is 1.18. The first-order valence-electron chi connectivity index (χ1n) is 15.1. The van der Waals surface area contributed by atoms with Crippen LogP contribution in [0.4, 0.5) is 11.4 Å². The summed E-state index contributed by atoms with van der Waals surface area (Å²) in [6, 6.07) is 52.1. The number of rotatable bonds is 2. The number of aryl methyl sites for hydroxylation is 1. The van der Waals surface area contributed by atoms with Gasteiger partial charge in [0.05, 0.1) is 5.41 Å². The average Bonchev–Trinajstić information content (AvgIpc) is 3.65. The molecule has 3 aliphatic rings. The molecule has 1 nitrogen and oxygen atoms in total. The fourth-order valence-electron chi connectivity index (χ4n) is 8.41. The predicted molar refractivity (Wildman–Crippen MR) is 179 cm³/mol. The van der Waals surface area contributed by atoms with E-state index < -0.39 is 0 Å². The third-order valence-corrected chi connectivity index (χ3v) is 10.1. The number of hydrogen-bond acceptors (Lipinski definition) is 1. The summed E-state index contributed by atoms with van der Waals surface area (Å²) < 4.78 is 0. The van der Waals surface area contributed by atoms with Crippen LogP contribution >= 0.6 is 0 Å². The molecular weight excluding hydrogens is 518 g/mol. The van der Waals surface area contributed by atoms with E-state index in [-0.39, 0.29) is 5.41 Å². The number of fused-ring (bicyclic) bond motifs is 13. The van der Waals surface area contributed by atoms with Gasteiger partial charge in [-0.25, -0.2) is 0 Å². The van der Waals surface area contributed by atoms with Crippen LogP contribution in [0.1, 0.15) is 27.8 Å². The summed E-state index contributed by atoms with van der Waals surface area (Å²) in [5.74, 6) is 0. The molecule has 0 fully saturated rings. The van der Waals surface area contributed by atoms with Gasteiger partial charge in [0, 0.05) is 16.8 Å². The topological polar surface area (TPSA) is 12.0 Å². The number of anilines is 2. The Kier molecular flexibility index (Phi) is 4.38. The summed E-state index contributed by atoms with van der Waals surface area (Å²) in [5, 5.41) is 6.49. The van der Waals surface area contributed by atoms with E-state index in [1.54, 1.807) is 0 Å². The van der Waals surface area contributed by atoms with Crippen molar-refractivity contribution in [2.75, 3.05) is 5.32 Å². The van der Waals surface area contributed by atoms with E-state index in [0.29, 0.717) is 0 Å². The summed E-state index contributed by atoms with van der Waals surface area (Å²) in [5.41, 5.74) is 19.3. The van der Waals surface area contributed by atoms with Gasteiger partial charge in [-0.1, -0.05) is 127 Å². The molecule has 1 N–H and O–H groups in total. The Bertz CT molecular complexity index is 2280. The van der Waals surface area contributed by atoms with Crippen molar-refractivity contribution < 1.29 is 0 Å². The lowest BCUT2D eigenvalue weighted by molar-refractivity contribution is 0.794. The Morgan fingerprint density at radius 2 is 0.977 bits per heavy atom. The molecule has 7 aromatic carbocycles.